The molecule has 2 aliphatic rings. The third kappa shape index (κ3) is 3.10. The first-order chi connectivity index (χ1) is 10.2. The van der Waals surface area contributed by atoms with Crippen molar-refractivity contribution < 1.29 is 4.79 Å². The summed E-state index contributed by atoms with van der Waals surface area (Å²) in [6.07, 6.45) is 8.37. The molecule has 1 N–H and O–H groups in total. The molecule has 114 valence electrons. The zero-order chi connectivity index (χ0) is 14.7. The molecule has 1 aliphatic heterocycles. The molecule has 2 heterocycles. The number of likely N-dealkylation sites (tertiary alicyclic amines) is 1. The van der Waals surface area contributed by atoms with Crippen molar-refractivity contribution in [1.82, 2.24) is 15.2 Å². The van der Waals surface area contributed by atoms with Crippen LogP contribution in [0.2, 0.25) is 0 Å². The fraction of sp³-hybridized carbons (Fsp3) is 0.647. The highest BCUT2D eigenvalue weighted by molar-refractivity contribution is 5.92. The largest absolute Gasteiger partial charge is 0.350 e. The van der Waals surface area contributed by atoms with E-state index in [0.29, 0.717) is 17.0 Å². The van der Waals surface area contributed by atoms with E-state index in [4.69, 9.17) is 0 Å². The van der Waals surface area contributed by atoms with E-state index in [1.165, 1.54) is 38.6 Å². The van der Waals surface area contributed by atoms with E-state index in [2.05, 4.69) is 22.2 Å². The highest BCUT2D eigenvalue weighted by atomic mass is 16.1. The van der Waals surface area contributed by atoms with Gasteiger partial charge in [-0.15, -0.1) is 0 Å². The summed E-state index contributed by atoms with van der Waals surface area (Å²) in [4.78, 5) is 18.7. The molecule has 1 spiro atoms. The lowest BCUT2D eigenvalue weighted by Crippen LogP contribution is -2.40. The molecule has 1 aliphatic carbocycles. The Kier molecular flexibility index (Phi) is 4.24. The van der Waals surface area contributed by atoms with Gasteiger partial charge in [0.05, 0.1) is 0 Å². The summed E-state index contributed by atoms with van der Waals surface area (Å²) in [6.45, 7) is 3.07. The lowest BCUT2D eigenvalue weighted by atomic mass is 9.67. The normalized spacial score (nSPS) is 25.1. The maximum Gasteiger partial charge on any atom is 0.269 e. The van der Waals surface area contributed by atoms with Crippen molar-refractivity contribution >= 4 is 5.91 Å². The molecule has 1 atom stereocenters. The first-order valence-corrected chi connectivity index (χ1v) is 8.07. The number of hydrogen-bond donors (Lipinski definition) is 1. The first-order valence-electron chi connectivity index (χ1n) is 8.07. The Morgan fingerprint density at radius 3 is 2.90 bits per heavy atom. The minimum Gasteiger partial charge on any atom is -0.350 e. The summed E-state index contributed by atoms with van der Waals surface area (Å²) in [7, 11) is 2.21. The first kappa shape index (κ1) is 14.5. The van der Waals surface area contributed by atoms with Gasteiger partial charge in [-0.3, -0.25) is 9.78 Å². The number of hydrogen-bond acceptors (Lipinski definition) is 3. The van der Waals surface area contributed by atoms with Gasteiger partial charge in [0.15, 0.2) is 0 Å². The van der Waals surface area contributed by atoms with Gasteiger partial charge in [-0.05, 0) is 43.4 Å². The molecule has 1 aromatic heterocycles. The number of aromatic nitrogens is 1. The van der Waals surface area contributed by atoms with Gasteiger partial charge in [-0.2, -0.15) is 0 Å². The fourth-order valence-corrected chi connectivity index (χ4v) is 4.21. The van der Waals surface area contributed by atoms with Gasteiger partial charge < -0.3 is 10.2 Å². The number of amides is 1. The Labute approximate surface area is 126 Å². The van der Waals surface area contributed by atoms with E-state index in [-0.39, 0.29) is 5.91 Å². The quantitative estimate of drug-likeness (QED) is 0.928. The molecular weight excluding hydrogens is 262 g/mol. The van der Waals surface area contributed by atoms with Gasteiger partial charge >= 0.3 is 0 Å². The molecule has 0 aromatic carbocycles. The monoisotopic (exact) mass is 287 g/mol. The topological polar surface area (TPSA) is 45.2 Å². The Hall–Kier alpha value is -1.42. The van der Waals surface area contributed by atoms with Crippen LogP contribution in [0.1, 0.15) is 42.6 Å². The molecule has 0 radical (unpaired) electrons. The Morgan fingerprint density at radius 2 is 2.19 bits per heavy atom. The predicted octanol–water partition coefficient (Wildman–Crippen LogP) is 2.32. The second-order valence-electron chi connectivity index (χ2n) is 6.74. The standard InChI is InChI=1S/C17H25N3O/c1-20-12-14(17(13-20)8-4-2-5-9-17)11-19-16(21)15-7-3-6-10-18-15/h3,6-7,10,14H,2,4-5,8-9,11-13H2,1H3,(H,19,21)/t14-/m0/s1. The fourth-order valence-electron chi connectivity index (χ4n) is 4.21. The van der Waals surface area contributed by atoms with E-state index in [9.17, 15) is 4.79 Å². The average molecular weight is 287 g/mol. The minimum absolute atomic E-state index is 0.0453. The summed E-state index contributed by atoms with van der Waals surface area (Å²) < 4.78 is 0. The average Bonchev–Trinajstić information content (AvgIpc) is 2.81. The molecular formula is C17H25N3O. The molecule has 1 saturated carbocycles. The number of pyridine rings is 1. The van der Waals surface area contributed by atoms with Crippen LogP contribution in [-0.4, -0.2) is 42.5 Å². The van der Waals surface area contributed by atoms with E-state index in [1.54, 1.807) is 12.3 Å². The number of nitrogens with zero attached hydrogens (tertiary/aromatic N) is 2. The van der Waals surface area contributed by atoms with Crippen molar-refractivity contribution in [3.8, 4) is 0 Å². The zero-order valence-electron chi connectivity index (χ0n) is 12.8. The van der Waals surface area contributed by atoms with Crippen LogP contribution in [0.25, 0.3) is 0 Å². The summed E-state index contributed by atoms with van der Waals surface area (Å²) in [5.41, 5.74) is 0.950. The zero-order valence-corrected chi connectivity index (χ0v) is 12.8. The summed E-state index contributed by atoms with van der Waals surface area (Å²) in [6, 6.07) is 5.46. The molecule has 4 heteroatoms. The lowest BCUT2D eigenvalue weighted by molar-refractivity contribution is 0.0911. The lowest BCUT2D eigenvalue weighted by Gasteiger charge is -2.38. The van der Waals surface area contributed by atoms with Crippen LogP contribution in [-0.2, 0) is 0 Å². The summed E-state index contributed by atoms with van der Waals surface area (Å²) >= 11 is 0. The van der Waals surface area contributed by atoms with Crippen molar-refractivity contribution in [2.75, 3.05) is 26.7 Å². The van der Waals surface area contributed by atoms with E-state index >= 15 is 0 Å². The van der Waals surface area contributed by atoms with Crippen LogP contribution in [0.3, 0.4) is 0 Å². The molecule has 0 unspecified atom stereocenters. The molecule has 1 aromatic rings. The van der Waals surface area contributed by atoms with Crippen LogP contribution in [0.5, 0.6) is 0 Å². The van der Waals surface area contributed by atoms with Crippen LogP contribution >= 0.6 is 0 Å². The number of carbonyl (C=O) groups excluding carboxylic acids is 1. The van der Waals surface area contributed by atoms with Crippen molar-refractivity contribution in [1.29, 1.82) is 0 Å². The van der Waals surface area contributed by atoms with E-state index in [0.717, 1.165) is 13.1 Å². The predicted molar refractivity (Wildman–Crippen MR) is 83.1 cm³/mol. The Bertz CT molecular complexity index is 482. The van der Waals surface area contributed by atoms with E-state index < -0.39 is 0 Å². The van der Waals surface area contributed by atoms with Crippen LogP contribution in [0, 0.1) is 11.3 Å². The second kappa shape index (κ2) is 6.14. The summed E-state index contributed by atoms with van der Waals surface area (Å²) in [5, 5.41) is 3.10. The van der Waals surface area contributed by atoms with Gasteiger partial charge in [0, 0.05) is 25.8 Å². The van der Waals surface area contributed by atoms with Gasteiger partial charge in [0.25, 0.3) is 5.91 Å². The van der Waals surface area contributed by atoms with E-state index in [1.807, 2.05) is 12.1 Å². The Morgan fingerprint density at radius 1 is 1.38 bits per heavy atom. The third-order valence-electron chi connectivity index (χ3n) is 5.24. The van der Waals surface area contributed by atoms with Crippen molar-refractivity contribution in [3.63, 3.8) is 0 Å². The molecule has 1 amide bonds. The highest BCUT2D eigenvalue weighted by Gasteiger charge is 2.45. The second-order valence-corrected chi connectivity index (χ2v) is 6.74. The van der Waals surface area contributed by atoms with Crippen molar-refractivity contribution in [2.24, 2.45) is 11.3 Å². The van der Waals surface area contributed by atoms with Gasteiger partial charge in [0.1, 0.15) is 5.69 Å². The minimum atomic E-state index is -0.0453. The summed E-state index contributed by atoms with van der Waals surface area (Å²) in [5.74, 6) is 0.534. The number of nitrogens with one attached hydrogen (secondary N) is 1. The van der Waals surface area contributed by atoms with Crippen LogP contribution in [0.15, 0.2) is 24.4 Å². The number of carbonyl (C=O) groups is 1. The maximum atomic E-state index is 12.2. The SMILES string of the molecule is CN1C[C@H](CNC(=O)c2ccccn2)C2(CCCCC2)C1. The highest BCUT2D eigenvalue weighted by Crippen LogP contribution is 2.46. The van der Waals surface area contributed by atoms with Gasteiger partial charge in [-0.1, -0.05) is 25.3 Å². The molecule has 3 rings (SSSR count). The van der Waals surface area contributed by atoms with Crippen LogP contribution < -0.4 is 5.32 Å². The molecule has 21 heavy (non-hydrogen) atoms. The van der Waals surface area contributed by atoms with Gasteiger partial charge in [-0.25, -0.2) is 0 Å². The molecule has 0 bridgehead atoms. The van der Waals surface area contributed by atoms with Crippen molar-refractivity contribution in [2.45, 2.75) is 32.1 Å². The molecule has 1 saturated heterocycles. The smallest absolute Gasteiger partial charge is 0.269 e. The van der Waals surface area contributed by atoms with Crippen LogP contribution in [0.4, 0.5) is 0 Å². The third-order valence-corrected chi connectivity index (χ3v) is 5.24. The number of rotatable bonds is 3. The maximum absolute atomic E-state index is 12.2. The van der Waals surface area contributed by atoms with Gasteiger partial charge in [0.2, 0.25) is 0 Å². The Balaban J connectivity index is 1.62. The molecule has 2 fully saturated rings. The molecule has 4 nitrogen and oxygen atoms in total. The van der Waals surface area contributed by atoms with Crippen molar-refractivity contribution in [3.05, 3.63) is 30.1 Å².